The van der Waals surface area contributed by atoms with Crippen LogP contribution >= 0.6 is 0 Å². The number of hydrogen-bond donors (Lipinski definition) is 1. The molecule has 0 aliphatic rings. The fourth-order valence-electron chi connectivity index (χ4n) is 1.17. The molecule has 0 fully saturated rings. The van der Waals surface area contributed by atoms with Crippen LogP contribution in [0.3, 0.4) is 0 Å². The van der Waals surface area contributed by atoms with Crippen molar-refractivity contribution in [1.82, 2.24) is 0 Å². The Kier molecular flexibility index (Phi) is 5.17. The van der Waals surface area contributed by atoms with Gasteiger partial charge in [-0.2, -0.15) is 0 Å². The quantitative estimate of drug-likeness (QED) is 0.660. The highest BCUT2D eigenvalue weighted by molar-refractivity contribution is 5.88. The summed E-state index contributed by atoms with van der Waals surface area (Å²) in [6.07, 6.45) is -0.726. The molecule has 0 heterocycles. The molecule has 0 bridgehead atoms. The first-order valence-corrected chi connectivity index (χ1v) is 5.69. The number of amides is 1. The van der Waals surface area contributed by atoms with Crippen molar-refractivity contribution in [3.8, 4) is 5.75 Å². The maximum absolute atomic E-state index is 11.3. The van der Waals surface area contributed by atoms with E-state index in [9.17, 15) is 9.59 Å². The van der Waals surface area contributed by atoms with E-state index in [0.29, 0.717) is 18.0 Å². The molecule has 1 aromatic rings. The minimum absolute atomic E-state index is 0.153. The van der Waals surface area contributed by atoms with Gasteiger partial charge < -0.3 is 14.8 Å². The predicted octanol–water partition coefficient (Wildman–Crippen LogP) is 2.82. The van der Waals surface area contributed by atoms with E-state index >= 15 is 0 Å². The third-order valence-corrected chi connectivity index (χ3v) is 1.91. The van der Waals surface area contributed by atoms with Gasteiger partial charge in [-0.05, 0) is 30.2 Å². The topological polar surface area (TPSA) is 64.6 Å². The van der Waals surface area contributed by atoms with Crippen molar-refractivity contribution in [3.05, 3.63) is 24.3 Å². The lowest BCUT2D eigenvalue weighted by atomic mass is 10.2. The summed E-state index contributed by atoms with van der Waals surface area (Å²) in [7, 11) is 0. The number of hydrogen-bond acceptors (Lipinski definition) is 4. The summed E-state index contributed by atoms with van der Waals surface area (Å²) < 4.78 is 9.82. The number of ether oxygens (including phenoxy) is 2. The zero-order valence-electron chi connectivity index (χ0n) is 10.7. The number of rotatable bonds is 4. The molecule has 0 aliphatic carbocycles. The molecule has 1 aromatic carbocycles. The predicted molar refractivity (Wildman–Crippen MR) is 67.6 cm³/mol. The van der Waals surface area contributed by atoms with Crippen LogP contribution in [-0.4, -0.2) is 18.7 Å². The minimum atomic E-state index is -0.726. The monoisotopic (exact) mass is 251 g/mol. The smallest absolute Gasteiger partial charge is 0.434 e. The highest BCUT2D eigenvalue weighted by Gasteiger charge is 2.07. The van der Waals surface area contributed by atoms with Gasteiger partial charge in [-0.15, -0.1) is 0 Å². The molecule has 0 aromatic heterocycles. The molecule has 1 amide bonds. The first-order valence-electron chi connectivity index (χ1n) is 5.69. The minimum Gasteiger partial charge on any atom is -0.434 e. The van der Waals surface area contributed by atoms with Crippen LogP contribution in [0.4, 0.5) is 10.5 Å². The van der Waals surface area contributed by atoms with E-state index in [2.05, 4.69) is 5.32 Å². The Morgan fingerprint density at radius 1 is 1.22 bits per heavy atom. The third kappa shape index (κ3) is 5.34. The van der Waals surface area contributed by atoms with Crippen LogP contribution in [0.1, 0.15) is 20.8 Å². The van der Waals surface area contributed by atoms with Gasteiger partial charge >= 0.3 is 6.16 Å². The molecule has 0 saturated carbocycles. The lowest BCUT2D eigenvalue weighted by Crippen LogP contribution is -2.14. The fourth-order valence-corrected chi connectivity index (χ4v) is 1.17. The van der Waals surface area contributed by atoms with Crippen LogP contribution < -0.4 is 10.1 Å². The van der Waals surface area contributed by atoms with Crippen molar-refractivity contribution in [1.29, 1.82) is 0 Å². The maximum Gasteiger partial charge on any atom is 0.513 e. The summed E-state index contributed by atoms with van der Waals surface area (Å²) in [5, 5.41) is 2.61. The van der Waals surface area contributed by atoms with Crippen molar-refractivity contribution in [2.45, 2.75) is 20.8 Å². The van der Waals surface area contributed by atoms with E-state index in [4.69, 9.17) is 9.47 Å². The molecular formula is C13H17NO4. The van der Waals surface area contributed by atoms with Gasteiger partial charge in [0, 0.05) is 12.6 Å². The Hall–Kier alpha value is -2.04. The Morgan fingerprint density at radius 2 is 1.83 bits per heavy atom. The molecule has 1 N–H and O–H groups in total. The van der Waals surface area contributed by atoms with Gasteiger partial charge in [0.1, 0.15) is 5.75 Å². The first-order chi connectivity index (χ1) is 8.47. The van der Waals surface area contributed by atoms with Crippen molar-refractivity contribution in [2.75, 3.05) is 11.9 Å². The summed E-state index contributed by atoms with van der Waals surface area (Å²) in [5.74, 6) is 0.484. The lowest BCUT2D eigenvalue weighted by molar-refractivity contribution is -0.114. The Morgan fingerprint density at radius 3 is 2.33 bits per heavy atom. The van der Waals surface area contributed by atoms with E-state index in [1.54, 1.807) is 24.3 Å². The Labute approximate surface area is 106 Å². The second-order valence-corrected chi connectivity index (χ2v) is 4.26. The van der Waals surface area contributed by atoms with Gasteiger partial charge in [0.2, 0.25) is 5.91 Å². The van der Waals surface area contributed by atoms with Crippen molar-refractivity contribution < 1.29 is 19.1 Å². The fraction of sp³-hybridized carbons (Fsp3) is 0.385. The zero-order valence-corrected chi connectivity index (χ0v) is 10.7. The van der Waals surface area contributed by atoms with Gasteiger partial charge in [-0.25, -0.2) is 4.79 Å². The van der Waals surface area contributed by atoms with Crippen LogP contribution in [0.25, 0.3) is 0 Å². The largest absolute Gasteiger partial charge is 0.513 e. The second kappa shape index (κ2) is 6.64. The number of nitrogens with one attached hydrogen (secondary N) is 1. The molecule has 98 valence electrons. The average Bonchev–Trinajstić information content (AvgIpc) is 2.28. The van der Waals surface area contributed by atoms with Gasteiger partial charge in [0.05, 0.1) is 6.61 Å². The normalized spacial score (nSPS) is 10.0. The number of anilines is 1. The molecule has 0 saturated heterocycles. The number of carbonyl (C=O) groups excluding carboxylic acids is 2. The molecule has 18 heavy (non-hydrogen) atoms. The summed E-state index contributed by atoms with van der Waals surface area (Å²) in [4.78, 5) is 22.1. The molecule has 0 unspecified atom stereocenters. The molecule has 1 rings (SSSR count). The summed E-state index contributed by atoms with van der Waals surface area (Å²) in [6.45, 7) is 5.63. The zero-order chi connectivity index (χ0) is 13.5. The number of benzene rings is 1. The summed E-state index contributed by atoms with van der Waals surface area (Å²) >= 11 is 0. The molecule has 0 atom stereocenters. The molecule has 0 aliphatic heterocycles. The van der Waals surface area contributed by atoms with E-state index in [1.807, 2.05) is 13.8 Å². The maximum atomic E-state index is 11.3. The van der Waals surface area contributed by atoms with Crippen LogP contribution in [0, 0.1) is 5.92 Å². The van der Waals surface area contributed by atoms with Crippen LogP contribution in [0.15, 0.2) is 24.3 Å². The van der Waals surface area contributed by atoms with E-state index in [-0.39, 0.29) is 11.8 Å². The van der Waals surface area contributed by atoms with Crippen LogP contribution in [0.5, 0.6) is 5.75 Å². The Bertz CT molecular complexity index is 412. The summed E-state index contributed by atoms with van der Waals surface area (Å²) in [5.41, 5.74) is 0.644. The lowest BCUT2D eigenvalue weighted by Gasteiger charge is -2.08. The molecule has 5 heteroatoms. The second-order valence-electron chi connectivity index (χ2n) is 4.26. The number of carbonyl (C=O) groups is 2. The highest BCUT2D eigenvalue weighted by atomic mass is 16.7. The van der Waals surface area contributed by atoms with Crippen LogP contribution in [0.2, 0.25) is 0 Å². The van der Waals surface area contributed by atoms with Gasteiger partial charge in [-0.1, -0.05) is 13.8 Å². The van der Waals surface area contributed by atoms with E-state index in [1.165, 1.54) is 6.92 Å². The average molecular weight is 251 g/mol. The van der Waals surface area contributed by atoms with E-state index < -0.39 is 6.16 Å². The van der Waals surface area contributed by atoms with Crippen molar-refractivity contribution in [3.63, 3.8) is 0 Å². The standard InChI is InChI=1S/C13H17NO4/c1-9(2)8-17-13(16)18-12-6-4-11(5-7-12)14-10(3)15/h4-7,9H,8H2,1-3H3,(H,14,15). The molecule has 0 spiro atoms. The van der Waals surface area contributed by atoms with Gasteiger partial charge in [0.15, 0.2) is 0 Å². The van der Waals surface area contributed by atoms with Gasteiger partial charge in [0.25, 0.3) is 0 Å². The third-order valence-electron chi connectivity index (χ3n) is 1.91. The molecular weight excluding hydrogens is 234 g/mol. The molecule has 5 nitrogen and oxygen atoms in total. The van der Waals surface area contributed by atoms with Crippen LogP contribution in [-0.2, 0) is 9.53 Å². The Balaban J connectivity index is 2.48. The van der Waals surface area contributed by atoms with E-state index in [0.717, 1.165) is 0 Å². The molecule has 0 radical (unpaired) electrons. The van der Waals surface area contributed by atoms with Crippen molar-refractivity contribution in [2.24, 2.45) is 5.92 Å². The van der Waals surface area contributed by atoms with Gasteiger partial charge in [-0.3, -0.25) is 4.79 Å². The highest BCUT2D eigenvalue weighted by Crippen LogP contribution is 2.16. The summed E-state index contributed by atoms with van der Waals surface area (Å²) in [6, 6.07) is 6.46. The first kappa shape index (κ1) is 14.0. The van der Waals surface area contributed by atoms with Crippen molar-refractivity contribution >= 4 is 17.7 Å². The SMILES string of the molecule is CC(=O)Nc1ccc(OC(=O)OCC(C)C)cc1.